The fourth-order valence-corrected chi connectivity index (χ4v) is 3.29. The third kappa shape index (κ3) is 4.20. The van der Waals surface area contributed by atoms with Gasteiger partial charge in [-0.05, 0) is 79.1 Å². The third-order valence-electron chi connectivity index (χ3n) is 3.82. The lowest BCUT2D eigenvalue weighted by atomic mass is 9.96. The normalized spacial score (nSPS) is 17.6. The predicted octanol–water partition coefficient (Wildman–Crippen LogP) is 2.89. The minimum absolute atomic E-state index is 0.851. The first-order valence-electron chi connectivity index (χ1n) is 6.92. The number of likely N-dealkylation sites (tertiary alicyclic amines) is 1. The summed E-state index contributed by atoms with van der Waals surface area (Å²) in [4.78, 5) is 2.54. The number of piperidine rings is 1. The molecule has 2 rings (SSSR count). The Hall–Kier alpha value is -0.580. The standard InChI is InChI=1S/C15H23BrN2O/c1-17-10-12-5-7-18(8-6-12)11-13-3-4-15(19-2)14(16)9-13/h3-4,9,12,17H,5-8,10-11H2,1-2H3. The third-order valence-corrected chi connectivity index (χ3v) is 4.44. The number of nitrogens with one attached hydrogen (secondary N) is 1. The van der Waals surface area contributed by atoms with E-state index in [1.807, 2.05) is 13.1 Å². The molecule has 1 aliphatic heterocycles. The average Bonchev–Trinajstić information content (AvgIpc) is 2.42. The van der Waals surface area contributed by atoms with Crippen LogP contribution in [0.4, 0.5) is 0 Å². The molecule has 106 valence electrons. The number of halogens is 1. The summed E-state index contributed by atoms with van der Waals surface area (Å²) in [7, 11) is 3.74. The van der Waals surface area contributed by atoms with Crippen LogP contribution in [0.1, 0.15) is 18.4 Å². The quantitative estimate of drug-likeness (QED) is 0.900. The molecule has 0 amide bonds. The molecule has 0 spiro atoms. The van der Waals surface area contributed by atoms with Crippen molar-refractivity contribution in [1.29, 1.82) is 0 Å². The van der Waals surface area contributed by atoms with Gasteiger partial charge in [-0.2, -0.15) is 0 Å². The van der Waals surface area contributed by atoms with Crippen LogP contribution in [-0.2, 0) is 6.54 Å². The van der Waals surface area contributed by atoms with Gasteiger partial charge in [-0.25, -0.2) is 0 Å². The number of benzene rings is 1. The second-order valence-corrected chi connectivity index (χ2v) is 6.10. The molecule has 1 aromatic carbocycles. The SMILES string of the molecule is CNCC1CCN(Cc2ccc(OC)c(Br)c2)CC1. The molecule has 0 atom stereocenters. The minimum Gasteiger partial charge on any atom is -0.496 e. The molecule has 0 radical (unpaired) electrons. The highest BCUT2D eigenvalue weighted by molar-refractivity contribution is 9.10. The van der Waals surface area contributed by atoms with Gasteiger partial charge in [0.15, 0.2) is 0 Å². The van der Waals surface area contributed by atoms with Gasteiger partial charge < -0.3 is 10.1 Å². The highest BCUT2D eigenvalue weighted by atomic mass is 79.9. The van der Waals surface area contributed by atoms with Gasteiger partial charge >= 0.3 is 0 Å². The van der Waals surface area contributed by atoms with Gasteiger partial charge in [-0.15, -0.1) is 0 Å². The first kappa shape index (κ1) is 14.8. The van der Waals surface area contributed by atoms with Crippen LogP contribution in [0.5, 0.6) is 5.75 Å². The molecular formula is C15H23BrN2O. The van der Waals surface area contributed by atoms with E-state index in [2.05, 4.69) is 38.3 Å². The van der Waals surface area contributed by atoms with Crippen molar-refractivity contribution in [2.45, 2.75) is 19.4 Å². The van der Waals surface area contributed by atoms with Crippen molar-refractivity contribution in [2.24, 2.45) is 5.92 Å². The number of nitrogens with zero attached hydrogens (tertiary/aromatic N) is 1. The van der Waals surface area contributed by atoms with Crippen LogP contribution >= 0.6 is 15.9 Å². The Labute approximate surface area is 124 Å². The lowest BCUT2D eigenvalue weighted by Gasteiger charge is -2.32. The molecule has 0 aliphatic carbocycles. The van der Waals surface area contributed by atoms with Crippen molar-refractivity contribution < 1.29 is 4.74 Å². The van der Waals surface area contributed by atoms with E-state index in [0.717, 1.165) is 29.2 Å². The Morgan fingerprint density at radius 1 is 1.37 bits per heavy atom. The summed E-state index contributed by atoms with van der Waals surface area (Å²) in [5.41, 5.74) is 1.35. The van der Waals surface area contributed by atoms with Crippen molar-refractivity contribution in [2.75, 3.05) is 33.8 Å². The van der Waals surface area contributed by atoms with Crippen LogP contribution in [0.2, 0.25) is 0 Å². The number of ether oxygens (including phenoxy) is 1. The van der Waals surface area contributed by atoms with E-state index in [1.54, 1.807) is 7.11 Å². The van der Waals surface area contributed by atoms with Crippen LogP contribution < -0.4 is 10.1 Å². The Morgan fingerprint density at radius 3 is 2.68 bits per heavy atom. The second kappa shape index (κ2) is 7.27. The minimum atomic E-state index is 0.851. The van der Waals surface area contributed by atoms with E-state index in [-0.39, 0.29) is 0 Å². The predicted molar refractivity (Wildman–Crippen MR) is 82.6 cm³/mol. The molecule has 3 nitrogen and oxygen atoms in total. The Kier molecular flexibility index (Phi) is 5.67. The fraction of sp³-hybridized carbons (Fsp3) is 0.600. The molecule has 19 heavy (non-hydrogen) atoms. The summed E-state index contributed by atoms with van der Waals surface area (Å²) in [6.07, 6.45) is 2.61. The smallest absolute Gasteiger partial charge is 0.133 e. The van der Waals surface area contributed by atoms with E-state index in [0.29, 0.717) is 0 Å². The second-order valence-electron chi connectivity index (χ2n) is 5.25. The Bertz CT molecular complexity index is 403. The zero-order valence-corrected chi connectivity index (χ0v) is 13.4. The summed E-state index contributed by atoms with van der Waals surface area (Å²) in [5, 5.41) is 3.28. The van der Waals surface area contributed by atoms with Gasteiger partial charge in [0.1, 0.15) is 5.75 Å². The van der Waals surface area contributed by atoms with E-state index < -0.39 is 0 Å². The maximum atomic E-state index is 5.26. The van der Waals surface area contributed by atoms with E-state index in [1.165, 1.54) is 31.5 Å². The molecule has 1 N–H and O–H groups in total. The molecular weight excluding hydrogens is 304 g/mol. The summed E-state index contributed by atoms with van der Waals surface area (Å²) in [6.45, 7) is 4.60. The topological polar surface area (TPSA) is 24.5 Å². The molecule has 0 saturated carbocycles. The summed E-state index contributed by atoms with van der Waals surface area (Å²) in [5.74, 6) is 1.75. The van der Waals surface area contributed by atoms with Crippen LogP contribution in [0, 0.1) is 5.92 Å². The number of hydrogen-bond donors (Lipinski definition) is 1. The highest BCUT2D eigenvalue weighted by Gasteiger charge is 2.18. The van der Waals surface area contributed by atoms with E-state index in [4.69, 9.17) is 4.74 Å². The molecule has 1 heterocycles. The molecule has 4 heteroatoms. The Morgan fingerprint density at radius 2 is 2.11 bits per heavy atom. The number of hydrogen-bond acceptors (Lipinski definition) is 3. The van der Waals surface area contributed by atoms with Gasteiger partial charge in [0, 0.05) is 6.54 Å². The van der Waals surface area contributed by atoms with Crippen LogP contribution in [0.3, 0.4) is 0 Å². The largest absolute Gasteiger partial charge is 0.496 e. The summed E-state index contributed by atoms with van der Waals surface area (Å²) in [6, 6.07) is 6.36. The van der Waals surface area contributed by atoms with E-state index in [9.17, 15) is 0 Å². The molecule has 1 saturated heterocycles. The first-order valence-corrected chi connectivity index (χ1v) is 7.71. The molecule has 0 bridgehead atoms. The lowest BCUT2D eigenvalue weighted by molar-refractivity contribution is 0.176. The zero-order valence-electron chi connectivity index (χ0n) is 11.8. The van der Waals surface area contributed by atoms with Crippen molar-refractivity contribution >= 4 is 15.9 Å². The van der Waals surface area contributed by atoms with Crippen LogP contribution in [-0.4, -0.2) is 38.7 Å². The molecule has 1 fully saturated rings. The van der Waals surface area contributed by atoms with Crippen molar-refractivity contribution in [3.05, 3.63) is 28.2 Å². The van der Waals surface area contributed by atoms with Gasteiger partial charge in [-0.3, -0.25) is 4.90 Å². The molecule has 1 aromatic rings. The van der Waals surface area contributed by atoms with Gasteiger partial charge in [0.2, 0.25) is 0 Å². The molecule has 0 aromatic heterocycles. The van der Waals surface area contributed by atoms with Gasteiger partial charge in [0.05, 0.1) is 11.6 Å². The first-order chi connectivity index (χ1) is 9.22. The summed E-state index contributed by atoms with van der Waals surface area (Å²) >= 11 is 3.55. The maximum Gasteiger partial charge on any atom is 0.133 e. The average molecular weight is 327 g/mol. The highest BCUT2D eigenvalue weighted by Crippen LogP contribution is 2.26. The Balaban J connectivity index is 1.87. The zero-order chi connectivity index (χ0) is 13.7. The van der Waals surface area contributed by atoms with Crippen molar-refractivity contribution in [3.63, 3.8) is 0 Å². The van der Waals surface area contributed by atoms with E-state index >= 15 is 0 Å². The number of methoxy groups -OCH3 is 1. The maximum absolute atomic E-state index is 5.26. The van der Waals surface area contributed by atoms with Crippen LogP contribution in [0.25, 0.3) is 0 Å². The fourth-order valence-electron chi connectivity index (χ4n) is 2.70. The van der Waals surface area contributed by atoms with Gasteiger partial charge in [0.25, 0.3) is 0 Å². The van der Waals surface area contributed by atoms with Crippen molar-refractivity contribution in [1.82, 2.24) is 10.2 Å². The summed E-state index contributed by atoms with van der Waals surface area (Å²) < 4.78 is 6.30. The van der Waals surface area contributed by atoms with Crippen molar-refractivity contribution in [3.8, 4) is 5.75 Å². The molecule has 0 unspecified atom stereocenters. The lowest BCUT2D eigenvalue weighted by Crippen LogP contribution is -2.36. The molecule has 1 aliphatic rings. The number of rotatable bonds is 5. The van der Waals surface area contributed by atoms with Crippen LogP contribution in [0.15, 0.2) is 22.7 Å². The monoisotopic (exact) mass is 326 g/mol. The van der Waals surface area contributed by atoms with Gasteiger partial charge in [-0.1, -0.05) is 6.07 Å².